The fourth-order valence-electron chi connectivity index (χ4n) is 13.6. The molecule has 0 spiro atoms. The first-order valence-electron chi connectivity index (χ1n) is 35.2. The van der Waals surface area contributed by atoms with Gasteiger partial charge in [-0.2, -0.15) is 0 Å². The van der Waals surface area contributed by atoms with Gasteiger partial charge in [-0.3, -0.25) is 9.59 Å². The van der Waals surface area contributed by atoms with E-state index in [2.05, 4.69) is 269 Å². The van der Waals surface area contributed by atoms with E-state index < -0.39 is 27.7 Å². The monoisotopic (exact) mass is 1700 g/mol. The molecule has 4 heterocycles. The average molecular weight is 1700 g/mol. The van der Waals surface area contributed by atoms with Crippen molar-refractivity contribution in [2.45, 2.75) is 79.6 Å². The summed E-state index contributed by atoms with van der Waals surface area (Å²) in [4.78, 5) is 51.3. The molecule has 12 aromatic rings. The van der Waals surface area contributed by atoms with Gasteiger partial charge in [0.05, 0.1) is 25.4 Å². The molecule has 2 N–H and O–H groups in total. The SMILES string of the molecule is C.COC(=O)C1=C(C2CC2)NC(C)=C(C(C)=O)C1c1csc2c(-c3ccccc3)cccc12.COC(=O)C1=C(C2CC2)NC(C)=C(C(C)=O)C1c1csc2c(Br)cccc12.Cc1ccccc1.[Cl][Pd][Cl].c1ccc(P(c2ccccc2)c2ccccc2)cc1.c1ccc(P(c2ccccc2)c2ccccc2)cc1. The first-order valence-corrected chi connectivity index (χ1v) is 44.5. The number of carbonyl (C=O) groups excluding carboxylic acids is 4. The predicted octanol–water partition coefficient (Wildman–Crippen LogP) is 21.9. The van der Waals surface area contributed by atoms with Crippen LogP contribution in [0.15, 0.2) is 339 Å². The molecule has 16 rings (SSSR count). The molecule has 2 atom stereocenters. The molecule has 2 aromatic heterocycles. The second-order valence-corrected chi connectivity index (χ2v) is 35.3. The van der Waals surface area contributed by atoms with Crippen LogP contribution in [0.25, 0.3) is 31.3 Å². The third-order valence-electron chi connectivity index (χ3n) is 18.7. The van der Waals surface area contributed by atoms with Crippen LogP contribution in [-0.2, 0) is 44.6 Å². The number of nitrogens with one attached hydrogen (secondary N) is 2. The molecule has 8 nitrogen and oxygen atoms in total. The number of dihydropyridines is 2. The molecular formula is C92H87BrCl2N2O6P2PdS2. The van der Waals surface area contributed by atoms with Gasteiger partial charge in [-0.25, -0.2) is 9.59 Å². The number of Topliss-reactive ketones (excluding diaryl/α,β-unsaturated/α-hetero) is 2. The maximum Gasteiger partial charge on any atom is -0.0134 e. The maximum absolute atomic E-state index is 13.1. The standard InChI is InChI=1S/C27H25NO3S.C21H20BrNO3S.2C18H15P.C7H8.CH4.2ClH.Pd/c1-15-22(16(2)29)23(24(27(30)31-3)25(28-15)18-12-13-18)21-14-32-26-19(10-7-11-20(21)26)17-8-5-4-6-9-17;1-10-16(11(2)24)17(14-9-27-20-13(14)5-4-6-15(20)22)18(21(25)26-3)19(23-10)12-7-8-12;2*1-4-10-16(11-5-1)19(17-12-6-2-7-13-17)18-14-8-3-9-15-18;1-7-5-3-2-4-6-7;;;;/h4-11,14,18,23,28H,12-13H2,1-3H3;4-6,9,12,17,23H,7-8H2,1-3H3;2*1-15H;2-6H,1H3;1H4;2*1H;/q;;;;;;;;+2/p-2. The van der Waals surface area contributed by atoms with Crippen molar-refractivity contribution in [2.75, 3.05) is 14.2 Å². The first kappa shape index (κ1) is 82.0. The molecule has 2 aliphatic heterocycles. The number of methoxy groups -OCH3 is 2. The Kier molecular flexibility index (Phi) is 30.6. The van der Waals surface area contributed by atoms with E-state index in [1.807, 2.05) is 68.4 Å². The van der Waals surface area contributed by atoms with Gasteiger partial charge in [0.1, 0.15) is 0 Å². The Morgan fingerprint density at radius 3 is 1.01 bits per heavy atom. The zero-order valence-corrected chi connectivity index (χ0v) is 68.5. The van der Waals surface area contributed by atoms with Gasteiger partial charge in [0.15, 0.2) is 11.6 Å². The van der Waals surface area contributed by atoms with Crippen LogP contribution in [0.2, 0.25) is 0 Å². The number of hydrogen-bond donors (Lipinski definition) is 2. The third kappa shape index (κ3) is 20.3. The minimum atomic E-state index is -0.446. The van der Waals surface area contributed by atoms with Crippen molar-refractivity contribution in [1.82, 2.24) is 10.6 Å². The number of hydrogen-bond acceptors (Lipinski definition) is 10. The Morgan fingerprint density at radius 1 is 0.417 bits per heavy atom. The number of aryl methyl sites for hydroxylation is 1. The number of ketones is 2. The van der Waals surface area contributed by atoms with E-state index >= 15 is 0 Å². The van der Waals surface area contributed by atoms with Crippen molar-refractivity contribution >= 4 is 149 Å². The summed E-state index contributed by atoms with van der Waals surface area (Å²) in [7, 11) is 11.5. The van der Waals surface area contributed by atoms with E-state index in [0.29, 0.717) is 34.1 Å². The van der Waals surface area contributed by atoms with Crippen molar-refractivity contribution in [3.8, 4) is 11.1 Å². The van der Waals surface area contributed by atoms with Crippen LogP contribution in [0.3, 0.4) is 0 Å². The molecule has 2 aliphatic carbocycles. The average Bonchev–Trinajstić information content (AvgIpc) is 1.57. The minimum absolute atomic E-state index is 0. The fraction of sp³-hybridized carbons (Fsp3) is 0.174. The molecule has 2 saturated carbocycles. The summed E-state index contributed by atoms with van der Waals surface area (Å²) in [5, 5.41) is 21.4. The summed E-state index contributed by atoms with van der Waals surface area (Å²) in [6.45, 7) is 9.08. The van der Waals surface area contributed by atoms with Crippen LogP contribution >= 0.6 is 73.5 Å². The summed E-state index contributed by atoms with van der Waals surface area (Å²) in [6.07, 6.45) is 4.18. The summed E-state index contributed by atoms with van der Waals surface area (Å²) < 4.78 is 13.7. The van der Waals surface area contributed by atoms with E-state index in [0.717, 1.165) is 95.4 Å². The Hall–Kier alpha value is -8.46. The van der Waals surface area contributed by atoms with E-state index in [1.54, 1.807) is 36.5 Å². The second-order valence-electron chi connectivity index (χ2n) is 25.9. The largest absolute Gasteiger partial charge is 0.0622 e. The normalized spacial score (nSPS) is 15.0. The zero-order valence-electron chi connectivity index (χ0n) is 60.5. The molecule has 0 saturated heterocycles. The van der Waals surface area contributed by atoms with Gasteiger partial charge in [-0.05, 0) is 186 Å². The Morgan fingerprint density at radius 2 is 0.713 bits per heavy atom. The van der Waals surface area contributed by atoms with Crippen molar-refractivity contribution in [1.29, 1.82) is 0 Å². The van der Waals surface area contributed by atoms with Crippen molar-refractivity contribution in [3.63, 3.8) is 0 Å². The fourth-order valence-corrected chi connectivity index (χ4v) is 21.0. The number of carbonyl (C=O) groups is 4. The number of ether oxygens (including phenoxy) is 2. The number of allylic oxidation sites excluding steroid dienone is 6. The summed E-state index contributed by atoms with van der Waals surface area (Å²) in [5.74, 6) is -0.984. The Labute approximate surface area is 671 Å². The van der Waals surface area contributed by atoms with Crippen LogP contribution in [0.4, 0.5) is 0 Å². The molecule has 2 fully saturated rings. The third-order valence-corrected chi connectivity index (χ3v) is 26.6. The van der Waals surface area contributed by atoms with Crippen LogP contribution in [-0.4, -0.2) is 37.7 Å². The van der Waals surface area contributed by atoms with Gasteiger partial charge in [-0.1, -0.05) is 286 Å². The smallest absolute Gasteiger partial charge is 0.0134 e. The van der Waals surface area contributed by atoms with E-state index in [-0.39, 0.29) is 46.9 Å². The van der Waals surface area contributed by atoms with Crippen LogP contribution in [0, 0.1) is 18.8 Å². The molecule has 10 aromatic carbocycles. The summed E-state index contributed by atoms with van der Waals surface area (Å²) >= 11 is 6.78. The van der Waals surface area contributed by atoms with Crippen LogP contribution in [0.5, 0.6) is 0 Å². The van der Waals surface area contributed by atoms with Crippen molar-refractivity contribution in [2.24, 2.45) is 11.8 Å². The van der Waals surface area contributed by atoms with Gasteiger partial charge in [0, 0.05) is 59.6 Å². The zero-order chi connectivity index (χ0) is 75.3. The molecule has 108 heavy (non-hydrogen) atoms. The first-order chi connectivity index (χ1) is 52.1. The maximum atomic E-state index is 13.1. The van der Waals surface area contributed by atoms with Gasteiger partial charge < -0.3 is 20.1 Å². The van der Waals surface area contributed by atoms with Crippen molar-refractivity contribution in [3.05, 3.63) is 356 Å². The van der Waals surface area contributed by atoms with Gasteiger partial charge in [-0.15, -0.1) is 22.7 Å². The molecule has 16 heteroatoms. The van der Waals surface area contributed by atoms with Crippen LogP contribution in [0.1, 0.15) is 89.3 Å². The predicted molar refractivity (Wildman–Crippen MR) is 459 cm³/mol. The summed E-state index contributed by atoms with van der Waals surface area (Å²) in [6, 6.07) is 97.5. The molecular weight excluding hydrogens is 1610 g/mol. The van der Waals surface area contributed by atoms with Crippen LogP contribution < -0.4 is 42.5 Å². The molecule has 554 valence electrons. The second kappa shape index (κ2) is 40.3. The van der Waals surface area contributed by atoms with E-state index in [9.17, 15) is 19.2 Å². The topological polar surface area (TPSA) is 111 Å². The number of halogens is 3. The van der Waals surface area contributed by atoms with Gasteiger partial charge in [0.25, 0.3) is 0 Å². The van der Waals surface area contributed by atoms with Gasteiger partial charge >= 0.3 is 46.9 Å². The quantitative estimate of drug-likeness (QED) is 0.0593. The van der Waals surface area contributed by atoms with Crippen molar-refractivity contribution < 1.29 is 44.6 Å². The van der Waals surface area contributed by atoms with Gasteiger partial charge in [0.2, 0.25) is 0 Å². The molecule has 0 radical (unpaired) electrons. The molecule has 4 aliphatic rings. The number of thiophene rings is 2. The van der Waals surface area contributed by atoms with E-state index in [1.165, 1.54) is 51.6 Å². The molecule has 0 amide bonds. The number of esters is 2. The van der Waals surface area contributed by atoms with E-state index in [4.69, 9.17) is 28.5 Å². The minimum Gasteiger partial charge on any atom is -0.0622 e. The summed E-state index contributed by atoms with van der Waals surface area (Å²) in [5.41, 5.74) is 11.5. The number of rotatable bonds is 15. The molecule has 0 bridgehead atoms. The Bertz CT molecular complexity index is 4830. The number of benzene rings is 10. The Balaban J connectivity index is 0.000000149. The molecule has 2 unspecified atom stereocenters. The number of fused-ring (bicyclic) bond motifs is 2.